The molecule has 3 heteroatoms. The molecule has 1 saturated carbocycles. The number of carbonyl (C=O) groups excluding carboxylic acids is 1. The average molecular weight is 212 g/mol. The van der Waals surface area contributed by atoms with Gasteiger partial charge in [0, 0.05) is 25.6 Å². The Morgan fingerprint density at radius 1 is 1.27 bits per heavy atom. The molecule has 1 rings (SSSR count). The van der Waals surface area contributed by atoms with Gasteiger partial charge < -0.3 is 10.6 Å². The van der Waals surface area contributed by atoms with Crippen molar-refractivity contribution >= 4 is 5.91 Å². The fourth-order valence-corrected chi connectivity index (χ4v) is 2.29. The lowest BCUT2D eigenvalue weighted by molar-refractivity contribution is -0.119. The molecule has 1 fully saturated rings. The molecule has 0 unspecified atom stereocenters. The van der Waals surface area contributed by atoms with Gasteiger partial charge in [-0.25, -0.2) is 0 Å². The van der Waals surface area contributed by atoms with Gasteiger partial charge in [-0.3, -0.25) is 4.79 Å². The summed E-state index contributed by atoms with van der Waals surface area (Å²) in [5.74, 6) is 0.788. The van der Waals surface area contributed by atoms with Gasteiger partial charge >= 0.3 is 0 Å². The smallest absolute Gasteiger partial charge is 0.216 e. The zero-order chi connectivity index (χ0) is 11.3. The Bertz CT molecular complexity index is 196. The van der Waals surface area contributed by atoms with Crippen LogP contribution < -0.4 is 10.6 Å². The van der Waals surface area contributed by atoms with Crippen molar-refractivity contribution in [3.05, 3.63) is 0 Å². The second kappa shape index (κ2) is 6.11. The molecule has 0 bridgehead atoms. The van der Waals surface area contributed by atoms with Gasteiger partial charge in [-0.1, -0.05) is 13.8 Å². The predicted molar refractivity (Wildman–Crippen MR) is 62.7 cm³/mol. The summed E-state index contributed by atoms with van der Waals surface area (Å²) in [6.07, 6.45) is 4.99. The molecule has 0 aliphatic heterocycles. The second-order valence-electron chi connectivity index (χ2n) is 4.98. The quantitative estimate of drug-likeness (QED) is 0.744. The van der Waals surface area contributed by atoms with Crippen LogP contribution >= 0.6 is 0 Å². The molecule has 0 aromatic rings. The Morgan fingerprint density at radius 2 is 1.87 bits per heavy atom. The average Bonchev–Trinajstić information content (AvgIpc) is 2.16. The van der Waals surface area contributed by atoms with Crippen LogP contribution in [-0.2, 0) is 4.79 Å². The molecule has 3 nitrogen and oxygen atoms in total. The van der Waals surface area contributed by atoms with Crippen molar-refractivity contribution in [3.8, 4) is 0 Å². The molecule has 0 radical (unpaired) electrons. The van der Waals surface area contributed by atoms with E-state index in [1.54, 1.807) is 6.92 Å². The molecule has 1 aliphatic carbocycles. The van der Waals surface area contributed by atoms with Crippen molar-refractivity contribution in [1.29, 1.82) is 0 Å². The van der Waals surface area contributed by atoms with Gasteiger partial charge in [0.15, 0.2) is 0 Å². The van der Waals surface area contributed by atoms with Gasteiger partial charge in [-0.2, -0.15) is 0 Å². The predicted octanol–water partition coefficient (Wildman–Crippen LogP) is 1.68. The molecule has 1 aliphatic rings. The van der Waals surface area contributed by atoms with E-state index in [1.807, 2.05) is 0 Å². The molecule has 0 saturated heterocycles. The Kier molecular flexibility index (Phi) is 5.09. The number of amides is 1. The molecule has 88 valence electrons. The first-order valence-corrected chi connectivity index (χ1v) is 6.08. The highest BCUT2D eigenvalue weighted by molar-refractivity contribution is 5.72. The molecule has 2 N–H and O–H groups in total. The summed E-state index contributed by atoms with van der Waals surface area (Å²) >= 11 is 0. The zero-order valence-electron chi connectivity index (χ0n) is 10.2. The fourth-order valence-electron chi connectivity index (χ4n) is 2.29. The minimum atomic E-state index is 0.0948. The first kappa shape index (κ1) is 12.5. The minimum Gasteiger partial charge on any atom is -0.356 e. The molecular formula is C12H24N2O. The highest BCUT2D eigenvalue weighted by Gasteiger charge is 2.21. The Balaban J connectivity index is 2.15. The van der Waals surface area contributed by atoms with Crippen LogP contribution in [0.5, 0.6) is 0 Å². The van der Waals surface area contributed by atoms with E-state index in [4.69, 9.17) is 0 Å². The van der Waals surface area contributed by atoms with Gasteiger partial charge in [0.05, 0.1) is 0 Å². The van der Waals surface area contributed by atoms with Gasteiger partial charge in [0.25, 0.3) is 0 Å². The molecule has 0 aromatic heterocycles. The Morgan fingerprint density at radius 3 is 2.33 bits per heavy atom. The van der Waals surface area contributed by atoms with Crippen LogP contribution in [0.2, 0.25) is 0 Å². The SMILES string of the molecule is CC(=O)NCC1CCC(NC(C)C)CC1. The molecular weight excluding hydrogens is 188 g/mol. The van der Waals surface area contributed by atoms with E-state index in [1.165, 1.54) is 25.7 Å². The molecule has 0 heterocycles. The van der Waals surface area contributed by atoms with E-state index in [0.29, 0.717) is 18.0 Å². The standard InChI is InChI=1S/C12H24N2O/c1-9(2)14-12-6-4-11(5-7-12)8-13-10(3)15/h9,11-12,14H,4-8H2,1-3H3,(H,13,15). The molecule has 0 atom stereocenters. The van der Waals surface area contributed by atoms with Crippen molar-refractivity contribution < 1.29 is 4.79 Å². The maximum absolute atomic E-state index is 10.8. The van der Waals surface area contributed by atoms with Crippen LogP contribution in [0.3, 0.4) is 0 Å². The van der Waals surface area contributed by atoms with E-state index in [9.17, 15) is 4.79 Å². The number of hydrogen-bond acceptors (Lipinski definition) is 2. The van der Waals surface area contributed by atoms with E-state index >= 15 is 0 Å². The minimum absolute atomic E-state index is 0.0948. The third kappa shape index (κ3) is 5.17. The first-order valence-electron chi connectivity index (χ1n) is 6.08. The topological polar surface area (TPSA) is 41.1 Å². The highest BCUT2D eigenvalue weighted by Crippen LogP contribution is 2.23. The number of hydrogen-bond donors (Lipinski definition) is 2. The van der Waals surface area contributed by atoms with Crippen LogP contribution in [0.15, 0.2) is 0 Å². The lowest BCUT2D eigenvalue weighted by Crippen LogP contribution is -2.39. The van der Waals surface area contributed by atoms with Crippen LogP contribution in [0.4, 0.5) is 0 Å². The monoisotopic (exact) mass is 212 g/mol. The molecule has 0 aromatic carbocycles. The summed E-state index contributed by atoms with van der Waals surface area (Å²) in [5, 5.41) is 6.49. The van der Waals surface area contributed by atoms with Crippen LogP contribution in [0.25, 0.3) is 0 Å². The summed E-state index contributed by atoms with van der Waals surface area (Å²) < 4.78 is 0. The maximum atomic E-state index is 10.8. The summed E-state index contributed by atoms with van der Waals surface area (Å²) in [5.41, 5.74) is 0. The second-order valence-corrected chi connectivity index (χ2v) is 4.98. The van der Waals surface area contributed by atoms with Crippen molar-refractivity contribution in [1.82, 2.24) is 10.6 Å². The fraction of sp³-hybridized carbons (Fsp3) is 0.917. The Hall–Kier alpha value is -0.570. The largest absolute Gasteiger partial charge is 0.356 e. The van der Waals surface area contributed by atoms with Crippen molar-refractivity contribution in [2.45, 2.75) is 58.5 Å². The summed E-state index contributed by atoms with van der Waals surface area (Å²) in [7, 11) is 0. The van der Waals surface area contributed by atoms with E-state index in [-0.39, 0.29) is 5.91 Å². The van der Waals surface area contributed by atoms with E-state index in [2.05, 4.69) is 24.5 Å². The first-order chi connectivity index (χ1) is 7.08. The number of nitrogens with one attached hydrogen (secondary N) is 2. The lowest BCUT2D eigenvalue weighted by Gasteiger charge is -2.30. The summed E-state index contributed by atoms with van der Waals surface area (Å²) in [4.78, 5) is 10.8. The number of carbonyl (C=O) groups is 1. The third-order valence-corrected chi connectivity index (χ3v) is 3.06. The lowest BCUT2D eigenvalue weighted by atomic mass is 9.86. The summed E-state index contributed by atoms with van der Waals surface area (Å²) in [6.45, 7) is 6.85. The molecule has 0 spiro atoms. The maximum Gasteiger partial charge on any atom is 0.216 e. The Labute approximate surface area is 93.0 Å². The van der Waals surface area contributed by atoms with Gasteiger partial charge in [-0.15, -0.1) is 0 Å². The van der Waals surface area contributed by atoms with E-state index < -0.39 is 0 Å². The van der Waals surface area contributed by atoms with Crippen LogP contribution in [0, 0.1) is 5.92 Å². The summed E-state index contributed by atoms with van der Waals surface area (Å²) in [6, 6.07) is 1.28. The normalized spacial score (nSPS) is 26.7. The van der Waals surface area contributed by atoms with Crippen molar-refractivity contribution in [2.24, 2.45) is 5.92 Å². The third-order valence-electron chi connectivity index (χ3n) is 3.06. The van der Waals surface area contributed by atoms with Gasteiger partial charge in [0.2, 0.25) is 5.91 Å². The molecule has 1 amide bonds. The zero-order valence-corrected chi connectivity index (χ0v) is 10.2. The number of rotatable bonds is 4. The van der Waals surface area contributed by atoms with Crippen molar-refractivity contribution in [2.75, 3.05) is 6.54 Å². The van der Waals surface area contributed by atoms with Crippen LogP contribution in [0.1, 0.15) is 46.5 Å². The van der Waals surface area contributed by atoms with Gasteiger partial charge in [-0.05, 0) is 31.6 Å². The van der Waals surface area contributed by atoms with Crippen LogP contribution in [-0.4, -0.2) is 24.5 Å². The molecule has 15 heavy (non-hydrogen) atoms. The van der Waals surface area contributed by atoms with E-state index in [0.717, 1.165) is 6.54 Å². The highest BCUT2D eigenvalue weighted by atomic mass is 16.1. The van der Waals surface area contributed by atoms with Gasteiger partial charge in [0.1, 0.15) is 0 Å². The van der Waals surface area contributed by atoms with Crippen molar-refractivity contribution in [3.63, 3.8) is 0 Å².